The summed E-state index contributed by atoms with van der Waals surface area (Å²) in [5, 5.41) is 0. The number of allylic oxidation sites excluding steroid dienone is 2. The van der Waals surface area contributed by atoms with Crippen LogP contribution >= 0.6 is 0 Å². The van der Waals surface area contributed by atoms with Crippen molar-refractivity contribution >= 4 is 0 Å². The zero-order valence-corrected chi connectivity index (χ0v) is 6.84. The largest absolute Gasteiger partial charge is 2.00 e. The van der Waals surface area contributed by atoms with Crippen molar-refractivity contribution in [1.29, 1.82) is 0 Å². The molecule has 0 aromatic carbocycles. The van der Waals surface area contributed by atoms with Crippen LogP contribution in [0, 0.1) is 13.5 Å². The Kier molecular flexibility index (Phi) is 21.5. The zero-order chi connectivity index (χ0) is 4.28. The van der Waals surface area contributed by atoms with E-state index in [9.17, 15) is 0 Å². The summed E-state index contributed by atoms with van der Waals surface area (Å²) in [5.41, 5.74) is 1.25. The average molecular weight is 135 g/mol. The molecule has 0 spiro atoms. The van der Waals surface area contributed by atoms with Gasteiger partial charge in [0.1, 0.15) is 0 Å². The molecule has 0 nitrogen and oxygen atoms in total. The topological polar surface area (TPSA) is 0 Å². The van der Waals surface area contributed by atoms with Gasteiger partial charge < -0.3 is 13.5 Å². The van der Waals surface area contributed by atoms with Gasteiger partial charge in [0.05, 0.1) is 0 Å². The van der Waals surface area contributed by atoms with Crippen LogP contribution in [0.5, 0.6) is 0 Å². The molecule has 0 bridgehead atoms. The van der Waals surface area contributed by atoms with Gasteiger partial charge in [-0.2, -0.15) is 6.92 Å². The van der Waals surface area contributed by atoms with Crippen LogP contribution in [0.2, 0.25) is 0 Å². The predicted molar refractivity (Wildman–Crippen MR) is 30.2 cm³/mol. The second-order valence-electron chi connectivity index (χ2n) is 1.25. The first-order valence-electron chi connectivity index (χ1n) is 1.75. The minimum absolute atomic E-state index is 0. The number of hydrogen-bond acceptors (Lipinski definition) is 0. The molecule has 0 aliphatic carbocycles. The molecule has 0 saturated carbocycles. The maximum atomic E-state index is 2.94. The molecule has 7 heavy (non-hydrogen) atoms. The summed E-state index contributed by atoms with van der Waals surface area (Å²) >= 11 is 0. The van der Waals surface area contributed by atoms with Gasteiger partial charge in [-0.15, -0.1) is 0 Å². The third kappa shape index (κ3) is 21.9. The van der Waals surface area contributed by atoms with E-state index in [1.165, 1.54) is 5.57 Å². The second-order valence-corrected chi connectivity index (χ2v) is 1.25. The first kappa shape index (κ1) is 15.7. The molecule has 0 aliphatic rings. The van der Waals surface area contributed by atoms with Crippen molar-refractivity contribution in [2.24, 2.45) is 0 Å². The molecule has 0 aromatic rings. The Hall–Kier alpha value is 0.324. The van der Waals surface area contributed by atoms with Crippen LogP contribution in [-0.2, 0) is 18.6 Å². The zero-order valence-electron chi connectivity index (χ0n) is 5.45. The molecule has 0 aliphatic heterocycles. The Morgan fingerprint density at radius 1 is 1.29 bits per heavy atom. The van der Waals surface area contributed by atoms with E-state index in [4.69, 9.17) is 0 Å². The van der Waals surface area contributed by atoms with Gasteiger partial charge in [-0.3, -0.25) is 5.57 Å². The van der Waals surface area contributed by atoms with Crippen molar-refractivity contribution < 1.29 is 18.6 Å². The van der Waals surface area contributed by atoms with Gasteiger partial charge in [-0.05, 0) is 0 Å². The normalized spacial score (nSPS) is 5.00. The van der Waals surface area contributed by atoms with Crippen LogP contribution in [0.15, 0.2) is 5.57 Å². The summed E-state index contributed by atoms with van der Waals surface area (Å²) in [7, 11) is 0. The molecule has 0 unspecified atom stereocenters. The van der Waals surface area contributed by atoms with Gasteiger partial charge in [-0.25, -0.2) is 0 Å². The fourth-order valence-corrected chi connectivity index (χ4v) is 0. The quantitative estimate of drug-likeness (QED) is 0.447. The number of rotatable bonds is 0. The van der Waals surface area contributed by atoms with Crippen molar-refractivity contribution in [3.05, 3.63) is 19.1 Å². The molecule has 0 rings (SSSR count). The molecule has 1 radical (unpaired) electrons. The Labute approximate surface area is 58.9 Å². The fourth-order valence-electron chi connectivity index (χ4n) is 0. The van der Waals surface area contributed by atoms with Crippen molar-refractivity contribution in [2.75, 3.05) is 0 Å². The Morgan fingerprint density at radius 3 is 1.43 bits per heavy atom. The van der Waals surface area contributed by atoms with Gasteiger partial charge in [0.15, 0.2) is 0 Å². The molecule has 0 N–H and O–H groups in total. The summed E-state index contributed by atoms with van der Waals surface area (Å²) < 4.78 is 0. The Balaban J connectivity index is -0.0000000800. The van der Waals surface area contributed by atoms with Gasteiger partial charge in [0, 0.05) is 0 Å². The average Bonchev–Trinajstić information content (AvgIpc) is 1.38. The maximum Gasteiger partial charge on any atom is 2.00 e. The summed E-state index contributed by atoms with van der Waals surface area (Å²) in [5.74, 6) is 0. The van der Waals surface area contributed by atoms with Crippen molar-refractivity contribution in [2.45, 2.75) is 20.8 Å². The van der Waals surface area contributed by atoms with E-state index < -0.39 is 0 Å². The van der Waals surface area contributed by atoms with Gasteiger partial charge in [-0.1, -0.05) is 13.8 Å². The van der Waals surface area contributed by atoms with Crippen LogP contribution in [0.4, 0.5) is 0 Å². The molecule has 0 aromatic heterocycles. The third-order valence-electron chi connectivity index (χ3n) is 0.500. The Bertz CT molecular complexity index is 42.1. The molecule has 0 saturated heterocycles. The molecule has 1 heteroatoms. The molecule has 0 amide bonds. The first-order chi connectivity index (χ1) is 2.27. The summed E-state index contributed by atoms with van der Waals surface area (Å²) in [4.78, 5) is 0. The fraction of sp³-hybridized carbons (Fsp3) is 0.500. The molecule has 0 atom stereocenters. The van der Waals surface area contributed by atoms with Crippen LogP contribution < -0.4 is 0 Å². The standard InChI is InChI=1S/C5H9.CH3.V/c1-4-5(2)3;;/h1-3H3;1H3;/q2*-1;+2. The smallest absolute Gasteiger partial charge is 0.501 e. The third-order valence-corrected chi connectivity index (χ3v) is 0.500. The van der Waals surface area contributed by atoms with Crippen LogP contribution in [-0.4, -0.2) is 0 Å². The molecule has 41 valence electrons. The van der Waals surface area contributed by atoms with Crippen LogP contribution in [0.1, 0.15) is 20.8 Å². The summed E-state index contributed by atoms with van der Waals surface area (Å²) in [6.45, 7) is 5.97. The van der Waals surface area contributed by atoms with Crippen molar-refractivity contribution in [3.63, 3.8) is 0 Å². The summed E-state index contributed by atoms with van der Waals surface area (Å²) in [6, 6.07) is 0. The van der Waals surface area contributed by atoms with Gasteiger partial charge in [0.25, 0.3) is 0 Å². The van der Waals surface area contributed by atoms with Gasteiger partial charge in [0.2, 0.25) is 0 Å². The SMILES string of the molecule is C[C-]=C(C)C.[CH3-].[V+2]. The monoisotopic (exact) mass is 135 g/mol. The van der Waals surface area contributed by atoms with E-state index in [1.54, 1.807) is 0 Å². The van der Waals surface area contributed by atoms with Crippen molar-refractivity contribution in [1.82, 2.24) is 0 Å². The second kappa shape index (κ2) is 9.59. The van der Waals surface area contributed by atoms with Crippen LogP contribution in [0.3, 0.4) is 0 Å². The van der Waals surface area contributed by atoms with Crippen molar-refractivity contribution in [3.8, 4) is 0 Å². The maximum absolute atomic E-state index is 2.94. The molecular weight excluding hydrogens is 123 g/mol. The molecular formula is C6H12V. The van der Waals surface area contributed by atoms with Gasteiger partial charge >= 0.3 is 18.6 Å². The minimum Gasteiger partial charge on any atom is -0.501 e. The van der Waals surface area contributed by atoms with E-state index in [-0.39, 0.29) is 26.0 Å². The number of hydrogen-bond donors (Lipinski definition) is 0. The molecule has 0 fully saturated rings. The van der Waals surface area contributed by atoms with E-state index in [1.807, 2.05) is 20.8 Å². The van der Waals surface area contributed by atoms with E-state index in [0.717, 1.165) is 0 Å². The van der Waals surface area contributed by atoms with E-state index in [2.05, 4.69) is 6.08 Å². The van der Waals surface area contributed by atoms with E-state index in [0.29, 0.717) is 0 Å². The summed E-state index contributed by atoms with van der Waals surface area (Å²) in [6.07, 6.45) is 2.94. The Morgan fingerprint density at radius 2 is 1.43 bits per heavy atom. The predicted octanol–water partition coefficient (Wildman–Crippen LogP) is 2.22. The molecule has 0 heterocycles. The minimum atomic E-state index is 0. The van der Waals surface area contributed by atoms with E-state index >= 15 is 0 Å². The first-order valence-corrected chi connectivity index (χ1v) is 1.75. The van der Waals surface area contributed by atoms with Crippen LogP contribution in [0.25, 0.3) is 0 Å².